The van der Waals surface area contributed by atoms with Crippen molar-refractivity contribution in [3.8, 4) is 0 Å². The topological polar surface area (TPSA) is 71.2 Å². The predicted octanol–water partition coefficient (Wildman–Crippen LogP) is 3.68. The van der Waals surface area contributed by atoms with Crippen molar-refractivity contribution in [2.24, 2.45) is 29.6 Å². The number of aliphatic hydroxyl groups excluding tert-OH is 1. The molecule has 4 aliphatic rings. The van der Waals surface area contributed by atoms with Crippen molar-refractivity contribution in [1.29, 1.82) is 0 Å². The Hall–Kier alpha value is -1.20. The third-order valence-corrected chi connectivity index (χ3v) is 8.54. The second kappa shape index (κ2) is 6.94. The zero-order chi connectivity index (χ0) is 19.5. The minimum atomic E-state index is -0.635. The molecule has 3 saturated carbocycles. The molecule has 0 spiro atoms. The van der Waals surface area contributed by atoms with Crippen LogP contribution < -0.4 is 0 Å². The summed E-state index contributed by atoms with van der Waals surface area (Å²) >= 11 is 0. The number of hydrogen-bond acceptors (Lipinski definition) is 4. The van der Waals surface area contributed by atoms with Crippen LogP contribution in [0.15, 0.2) is 17.8 Å². The fourth-order valence-corrected chi connectivity index (χ4v) is 7.18. The number of nitrogens with zero attached hydrogens (tertiary/aromatic N) is 3. The molecule has 3 fully saturated rings. The van der Waals surface area contributed by atoms with Gasteiger partial charge < -0.3 is 10.2 Å². The Labute approximate surface area is 168 Å². The van der Waals surface area contributed by atoms with E-state index in [-0.39, 0.29) is 6.10 Å². The van der Waals surface area contributed by atoms with Crippen LogP contribution in [0, 0.1) is 29.6 Å². The molecule has 0 aromatic carbocycles. The maximum Gasteiger partial charge on any atom is 0.0874 e. The summed E-state index contributed by atoms with van der Waals surface area (Å²) in [5.74, 6) is 3.59. The lowest BCUT2D eigenvalue weighted by Gasteiger charge is -2.50. The van der Waals surface area contributed by atoms with Gasteiger partial charge in [-0.2, -0.15) is 0 Å². The van der Waals surface area contributed by atoms with Crippen molar-refractivity contribution in [2.75, 3.05) is 0 Å². The summed E-state index contributed by atoms with van der Waals surface area (Å²) in [4.78, 5) is 0. The Morgan fingerprint density at radius 3 is 2.79 bits per heavy atom. The average Bonchev–Trinajstić information content (AvgIpc) is 3.26. The van der Waals surface area contributed by atoms with Gasteiger partial charge in [0.15, 0.2) is 0 Å². The van der Waals surface area contributed by atoms with Gasteiger partial charge >= 0.3 is 0 Å². The summed E-state index contributed by atoms with van der Waals surface area (Å²) in [6, 6.07) is 0. The predicted molar refractivity (Wildman–Crippen MR) is 108 cm³/mol. The lowest BCUT2D eigenvalue weighted by molar-refractivity contribution is -0.0624. The van der Waals surface area contributed by atoms with Crippen LogP contribution >= 0.6 is 0 Å². The Morgan fingerprint density at radius 1 is 1.14 bits per heavy atom. The van der Waals surface area contributed by atoms with Crippen LogP contribution in [0.1, 0.15) is 76.8 Å². The van der Waals surface area contributed by atoms with Crippen molar-refractivity contribution < 1.29 is 10.2 Å². The highest BCUT2D eigenvalue weighted by Gasteiger charge is 2.55. The molecular formula is C23H35N3O2. The van der Waals surface area contributed by atoms with Crippen molar-refractivity contribution in [3.63, 3.8) is 0 Å². The first-order valence-corrected chi connectivity index (χ1v) is 11.4. The molecule has 4 aliphatic carbocycles. The molecule has 1 aromatic rings. The number of rotatable bonds is 3. The van der Waals surface area contributed by atoms with Crippen LogP contribution in [0.25, 0.3) is 0 Å². The molecular weight excluding hydrogens is 350 g/mol. The third kappa shape index (κ3) is 3.06. The maximum absolute atomic E-state index is 11.6. The molecule has 2 N–H and O–H groups in total. The maximum atomic E-state index is 11.6. The monoisotopic (exact) mass is 385 g/mol. The normalized spacial score (nSPS) is 42.7. The van der Waals surface area contributed by atoms with Crippen molar-refractivity contribution >= 4 is 0 Å². The number of aromatic nitrogens is 3. The molecule has 0 amide bonds. The number of hydrogen-bond donors (Lipinski definition) is 2. The van der Waals surface area contributed by atoms with E-state index in [1.807, 2.05) is 10.9 Å². The van der Waals surface area contributed by atoms with E-state index in [1.165, 1.54) is 12.0 Å². The van der Waals surface area contributed by atoms with E-state index in [0.29, 0.717) is 30.2 Å². The summed E-state index contributed by atoms with van der Waals surface area (Å²) in [5, 5.41) is 30.2. The lowest BCUT2D eigenvalue weighted by Crippen LogP contribution is -2.47. The number of fused-ring (bicyclic) bond motifs is 5. The molecule has 0 saturated heterocycles. The minimum absolute atomic E-state index is 0.120. The molecule has 1 aromatic heterocycles. The summed E-state index contributed by atoms with van der Waals surface area (Å²) in [7, 11) is 0. The largest absolute Gasteiger partial charge is 0.393 e. The molecule has 1 heterocycles. The van der Waals surface area contributed by atoms with E-state index < -0.39 is 5.60 Å². The Morgan fingerprint density at radius 2 is 2.00 bits per heavy atom. The van der Waals surface area contributed by atoms with E-state index in [4.69, 9.17) is 0 Å². The van der Waals surface area contributed by atoms with Gasteiger partial charge in [-0.3, -0.25) is 0 Å². The molecule has 28 heavy (non-hydrogen) atoms. The fraction of sp³-hybridized carbons (Fsp3) is 0.826. The zero-order valence-corrected chi connectivity index (χ0v) is 17.3. The van der Waals surface area contributed by atoms with Gasteiger partial charge in [-0.05, 0) is 86.9 Å². The van der Waals surface area contributed by atoms with Crippen LogP contribution in [-0.2, 0) is 6.54 Å². The Kier molecular flexibility index (Phi) is 4.66. The standard InChI is InChI=1S/C23H35N3O2/c1-14(2)22-12-26(25-24-22)13-23(28)10-9-20-19-5-3-15-11-16(27)4-6-17(15)18(19)7-8-21(20)23/h3,12,14,16-21,27-28H,4-11,13H2,1-2H3. The van der Waals surface area contributed by atoms with E-state index >= 15 is 0 Å². The van der Waals surface area contributed by atoms with Gasteiger partial charge in [0.2, 0.25) is 0 Å². The first-order chi connectivity index (χ1) is 13.4. The molecule has 0 aliphatic heterocycles. The molecule has 0 bridgehead atoms. The lowest BCUT2D eigenvalue weighted by atomic mass is 9.56. The molecule has 5 nitrogen and oxygen atoms in total. The van der Waals surface area contributed by atoms with Crippen LogP contribution in [0.3, 0.4) is 0 Å². The van der Waals surface area contributed by atoms with Crippen LogP contribution in [0.4, 0.5) is 0 Å². The number of aliphatic hydroxyl groups is 2. The van der Waals surface area contributed by atoms with Gasteiger partial charge in [-0.1, -0.05) is 30.7 Å². The second-order valence-electron chi connectivity index (χ2n) is 10.4. The van der Waals surface area contributed by atoms with Crippen LogP contribution in [0.2, 0.25) is 0 Å². The average molecular weight is 386 g/mol. The molecule has 5 heteroatoms. The van der Waals surface area contributed by atoms with E-state index in [0.717, 1.165) is 62.5 Å². The van der Waals surface area contributed by atoms with Gasteiger partial charge in [0.05, 0.1) is 23.9 Å². The van der Waals surface area contributed by atoms with Crippen LogP contribution in [-0.4, -0.2) is 36.9 Å². The Balaban J connectivity index is 1.33. The highest BCUT2D eigenvalue weighted by atomic mass is 16.3. The fourth-order valence-electron chi connectivity index (χ4n) is 7.18. The summed E-state index contributed by atoms with van der Waals surface area (Å²) in [6.45, 7) is 4.85. The quantitative estimate of drug-likeness (QED) is 0.779. The van der Waals surface area contributed by atoms with Gasteiger partial charge in [0.1, 0.15) is 0 Å². The first-order valence-electron chi connectivity index (χ1n) is 11.4. The Bertz CT molecular complexity index is 757. The molecule has 0 radical (unpaired) electrons. The van der Waals surface area contributed by atoms with Gasteiger partial charge in [-0.15, -0.1) is 5.10 Å². The van der Waals surface area contributed by atoms with Gasteiger partial charge in [-0.25, -0.2) is 4.68 Å². The summed E-state index contributed by atoms with van der Waals surface area (Å²) in [6.07, 6.45) is 12.9. The third-order valence-electron chi connectivity index (χ3n) is 8.54. The summed E-state index contributed by atoms with van der Waals surface area (Å²) in [5.41, 5.74) is 1.91. The zero-order valence-electron chi connectivity index (χ0n) is 17.3. The van der Waals surface area contributed by atoms with Crippen LogP contribution in [0.5, 0.6) is 0 Å². The molecule has 154 valence electrons. The summed E-state index contributed by atoms with van der Waals surface area (Å²) < 4.78 is 1.88. The van der Waals surface area contributed by atoms with Crippen molar-refractivity contribution in [3.05, 3.63) is 23.5 Å². The van der Waals surface area contributed by atoms with Gasteiger partial charge in [0.25, 0.3) is 0 Å². The van der Waals surface area contributed by atoms with E-state index in [2.05, 4.69) is 30.2 Å². The molecule has 5 rings (SSSR count). The minimum Gasteiger partial charge on any atom is -0.393 e. The second-order valence-corrected chi connectivity index (χ2v) is 10.4. The molecule has 7 unspecified atom stereocenters. The van der Waals surface area contributed by atoms with E-state index in [1.54, 1.807) is 0 Å². The van der Waals surface area contributed by atoms with Crippen molar-refractivity contribution in [1.82, 2.24) is 15.0 Å². The van der Waals surface area contributed by atoms with Gasteiger partial charge in [0, 0.05) is 6.20 Å². The first kappa shape index (κ1) is 18.8. The molecule has 7 atom stereocenters. The van der Waals surface area contributed by atoms with E-state index in [9.17, 15) is 10.2 Å². The van der Waals surface area contributed by atoms with Crippen molar-refractivity contribution in [2.45, 2.75) is 89.4 Å². The highest BCUT2D eigenvalue weighted by molar-refractivity contribution is 5.19. The smallest absolute Gasteiger partial charge is 0.0874 e. The number of allylic oxidation sites excluding steroid dienone is 1. The SMILES string of the molecule is CC(C)c1cn(CC2(O)CCC3C4CC=C5CC(O)CCC5C4CCC32)nn1. The highest BCUT2D eigenvalue weighted by Crippen LogP contribution is 2.58.